The average Bonchev–Trinajstić information content (AvgIpc) is 2.85. The molecular weight excluding hydrogens is 396 g/mol. The minimum absolute atomic E-state index is 0.646. The van der Waals surface area contributed by atoms with E-state index in [2.05, 4.69) is 114 Å². The molecule has 3 aromatic carbocycles. The molecule has 0 saturated heterocycles. The van der Waals surface area contributed by atoms with E-state index in [-0.39, 0.29) is 0 Å². The van der Waals surface area contributed by atoms with E-state index in [0.29, 0.717) is 17.8 Å². The number of benzene rings is 3. The van der Waals surface area contributed by atoms with Crippen molar-refractivity contribution in [3.63, 3.8) is 0 Å². The van der Waals surface area contributed by atoms with E-state index < -0.39 is 0 Å². The maximum atomic E-state index is 5.76. The first-order chi connectivity index (χ1) is 14.9. The average molecular weight is 437 g/mol. The molecule has 3 rings (SSSR count). The molecule has 0 bridgehead atoms. The molecule has 0 heterocycles. The number of halogens is 1. The zero-order valence-corrected chi connectivity index (χ0v) is 21.1. The van der Waals surface area contributed by atoms with Crippen molar-refractivity contribution in [2.45, 2.75) is 78.6 Å². The number of hydrogen-bond donors (Lipinski definition) is 0. The second kappa shape index (κ2) is 15.7. The highest BCUT2D eigenvalue weighted by Crippen LogP contribution is 2.20. The molecule has 0 spiro atoms. The van der Waals surface area contributed by atoms with Gasteiger partial charge in [0.2, 0.25) is 0 Å². The van der Waals surface area contributed by atoms with Crippen LogP contribution in [0.2, 0.25) is 5.02 Å². The molecule has 3 atom stereocenters. The molecule has 3 aromatic rings. The summed E-state index contributed by atoms with van der Waals surface area (Å²) >= 11 is 5.76. The Hall–Kier alpha value is -2.05. The lowest BCUT2D eigenvalue weighted by atomic mass is 9.99. The second-order valence-corrected chi connectivity index (χ2v) is 8.74. The second-order valence-electron chi connectivity index (χ2n) is 8.30. The van der Waals surface area contributed by atoms with Crippen LogP contribution in [0.5, 0.6) is 0 Å². The van der Waals surface area contributed by atoms with E-state index in [9.17, 15) is 0 Å². The lowest BCUT2D eigenvalue weighted by Crippen LogP contribution is -1.89. The Morgan fingerprint density at radius 2 is 0.774 bits per heavy atom. The van der Waals surface area contributed by atoms with Crippen molar-refractivity contribution in [2.24, 2.45) is 0 Å². The first kappa shape index (κ1) is 27.0. The van der Waals surface area contributed by atoms with Crippen molar-refractivity contribution >= 4 is 11.6 Å². The van der Waals surface area contributed by atoms with Gasteiger partial charge in [-0.25, -0.2) is 0 Å². The van der Waals surface area contributed by atoms with Gasteiger partial charge in [0.05, 0.1) is 0 Å². The Kier molecular flexibility index (Phi) is 13.7. The molecular formula is C30H41Cl. The molecule has 0 aliphatic carbocycles. The van der Waals surface area contributed by atoms with Gasteiger partial charge in [0.15, 0.2) is 0 Å². The first-order valence-electron chi connectivity index (χ1n) is 11.8. The summed E-state index contributed by atoms with van der Waals surface area (Å²) in [7, 11) is 0. The summed E-state index contributed by atoms with van der Waals surface area (Å²) in [6.45, 7) is 13.4. The highest BCUT2D eigenvalue weighted by atomic mass is 35.5. The van der Waals surface area contributed by atoms with Crippen LogP contribution in [0.25, 0.3) is 0 Å². The molecule has 0 aromatic heterocycles. The van der Waals surface area contributed by atoms with Gasteiger partial charge in [0.25, 0.3) is 0 Å². The van der Waals surface area contributed by atoms with Crippen LogP contribution in [-0.2, 0) is 0 Å². The standard InChI is InChI=1S/C10H13Cl.2C10H14/c1-3-8(2)9-4-6-10(11)7-5-9;2*1-3-9(2)10-7-5-4-6-8-10/h4-8H,3H2,1-2H3;2*4-9H,3H2,1-2H3. The Morgan fingerprint density at radius 3 is 1.06 bits per heavy atom. The van der Waals surface area contributed by atoms with Crippen LogP contribution in [0.3, 0.4) is 0 Å². The fourth-order valence-electron chi connectivity index (χ4n) is 3.06. The van der Waals surface area contributed by atoms with Gasteiger partial charge in [-0.15, -0.1) is 0 Å². The predicted octanol–water partition coefficient (Wildman–Crippen LogP) is 10.3. The molecule has 0 nitrogen and oxygen atoms in total. The van der Waals surface area contributed by atoms with E-state index in [1.165, 1.54) is 36.0 Å². The Labute approximate surface area is 196 Å². The van der Waals surface area contributed by atoms with Crippen LogP contribution in [0.15, 0.2) is 84.9 Å². The molecule has 0 amide bonds. The summed E-state index contributed by atoms with van der Waals surface area (Å²) in [5.74, 6) is 2.06. The molecule has 3 unspecified atom stereocenters. The van der Waals surface area contributed by atoms with Gasteiger partial charge in [-0.1, -0.05) is 126 Å². The van der Waals surface area contributed by atoms with E-state index in [4.69, 9.17) is 11.6 Å². The smallest absolute Gasteiger partial charge is 0.0406 e. The van der Waals surface area contributed by atoms with Crippen molar-refractivity contribution < 1.29 is 0 Å². The third-order valence-electron chi connectivity index (χ3n) is 6.01. The lowest BCUT2D eigenvalue weighted by Gasteiger charge is -2.07. The van der Waals surface area contributed by atoms with Gasteiger partial charge in [0, 0.05) is 5.02 Å². The van der Waals surface area contributed by atoms with Gasteiger partial charge in [-0.2, -0.15) is 0 Å². The molecule has 0 aliphatic heterocycles. The molecule has 1 heteroatoms. The molecule has 0 aliphatic rings. The fourth-order valence-corrected chi connectivity index (χ4v) is 3.19. The van der Waals surface area contributed by atoms with Crippen LogP contribution in [0, 0.1) is 0 Å². The molecule has 31 heavy (non-hydrogen) atoms. The zero-order valence-electron chi connectivity index (χ0n) is 20.3. The van der Waals surface area contributed by atoms with E-state index in [1.54, 1.807) is 0 Å². The van der Waals surface area contributed by atoms with Crippen molar-refractivity contribution in [2.75, 3.05) is 0 Å². The van der Waals surface area contributed by atoms with Crippen LogP contribution in [-0.4, -0.2) is 0 Å². The molecule has 0 radical (unpaired) electrons. The summed E-state index contributed by atoms with van der Waals surface area (Å²) in [4.78, 5) is 0. The highest BCUT2D eigenvalue weighted by molar-refractivity contribution is 6.30. The third-order valence-corrected chi connectivity index (χ3v) is 6.27. The lowest BCUT2D eigenvalue weighted by molar-refractivity contribution is 0.733. The monoisotopic (exact) mass is 436 g/mol. The van der Waals surface area contributed by atoms with Crippen LogP contribution in [0.4, 0.5) is 0 Å². The Bertz CT molecular complexity index is 747. The van der Waals surface area contributed by atoms with Gasteiger partial charge in [0.1, 0.15) is 0 Å². The quantitative estimate of drug-likeness (QED) is 0.360. The van der Waals surface area contributed by atoms with Crippen molar-refractivity contribution in [3.05, 3.63) is 107 Å². The largest absolute Gasteiger partial charge is 0.0843 e. The minimum atomic E-state index is 0.646. The van der Waals surface area contributed by atoms with Gasteiger partial charge < -0.3 is 0 Å². The summed E-state index contributed by atoms with van der Waals surface area (Å²) in [5.41, 5.74) is 4.27. The molecule has 168 valence electrons. The van der Waals surface area contributed by atoms with Crippen molar-refractivity contribution in [1.82, 2.24) is 0 Å². The number of hydrogen-bond acceptors (Lipinski definition) is 0. The maximum Gasteiger partial charge on any atom is 0.0406 e. The van der Waals surface area contributed by atoms with Gasteiger partial charge >= 0.3 is 0 Å². The van der Waals surface area contributed by atoms with Crippen LogP contribution < -0.4 is 0 Å². The Balaban J connectivity index is 0.000000233. The maximum absolute atomic E-state index is 5.76. The van der Waals surface area contributed by atoms with Crippen molar-refractivity contribution in [1.29, 1.82) is 0 Å². The molecule has 0 fully saturated rings. The SMILES string of the molecule is CCC(C)c1ccc(Cl)cc1.CCC(C)c1ccccc1.CCC(C)c1ccccc1. The van der Waals surface area contributed by atoms with Gasteiger partial charge in [-0.05, 0) is 65.8 Å². The topological polar surface area (TPSA) is 0 Å². The van der Waals surface area contributed by atoms with E-state index >= 15 is 0 Å². The summed E-state index contributed by atoms with van der Waals surface area (Å²) in [6.07, 6.45) is 3.63. The van der Waals surface area contributed by atoms with E-state index in [0.717, 1.165) is 5.02 Å². The van der Waals surface area contributed by atoms with E-state index in [1.807, 2.05) is 12.1 Å². The van der Waals surface area contributed by atoms with Gasteiger partial charge in [-0.3, -0.25) is 0 Å². The third kappa shape index (κ3) is 10.7. The first-order valence-corrected chi connectivity index (χ1v) is 12.2. The predicted molar refractivity (Wildman–Crippen MR) is 140 cm³/mol. The zero-order chi connectivity index (χ0) is 23.1. The van der Waals surface area contributed by atoms with Crippen LogP contribution >= 0.6 is 11.6 Å². The summed E-state index contributed by atoms with van der Waals surface area (Å²) in [5, 5.41) is 0.817. The van der Waals surface area contributed by atoms with Crippen LogP contribution in [0.1, 0.15) is 95.2 Å². The summed E-state index contributed by atoms with van der Waals surface area (Å²) in [6, 6.07) is 29.4. The fraction of sp³-hybridized carbons (Fsp3) is 0.400. The normalized spacial score (nSPS) is 13.0. The number of rotatable bonds is 6. The molecule has 0 saturated carbocycles. The minimum Gasteiger partial charge on any atom is -0.0843 e. The Morgan fingerprint density at radius 1 is 0.484 bits per heavy atom. The van der Waals surface area contributed by atoms with Crippen molar-refractivity contribution in [3.8, 4) is 0 Å². The highest BCUT2D eigenvalue weighted by Gasteiger charge is 2.01. The molecule has 0 N–H and O–H groups in total. The summed E-state index contributed by atoms with van der Waals surface area (Å²) < 4.78 is 0.